The number of sulfonamides is 1. The van der Waals surface area contributed by atoms with Crippen LogP contribution in [-0.2, 0) is 25.2 Å². The molecule has 0 spiro atoms. The van der Waals surface area contributed by atoms with Crippen LogP contribution in [0.2, 0.25) is 0 Å². The Morgan fingerprint density at radius 3 is 2.19 bits per heavy atom. The van der Waals surface area contributed by atoms with E-state index in [0.717, 1.165) is 4.90 Å². The first kappa shape index (κ1) is 23.4. The number of benzene rings is 2. The summed E-state index contributed by atoms with van der Waals surface area (Å²) in [5, 5.41) is 5.24. The minimum Gasteiger partial charge on any atom is -0.325 e. The van der Waals surface area contributed by atoms with Gasteiger partial charge in [-0.3, -0.25) is 14.5 Å². The van der Waals surface area contributed by atoms with Crippen LogP contribution in [0.1, 0.15) is 26.3 Å². The van der Waals surface area contributed by atoms with E-state index in [1.165, 1.54) is 28.6 Å². The quantitative estimate of drug-likeness (QED) is 0.588. The van der Waals surface area contributed by atoms with Gasteiger partial charge in [0.25, 0.3) is 5.91 Å². The van der Waals surface area contributed by atoms with Gasteiger partial charge in [0.1, 0.15) is 12.1 Å². The monoisotopic (exact) mass is 458 g/mol. The molecule has 1 atom stereocenters. The number of nitrogens with one attached hydrogen (secondary N) is 2. The maximum Gasteiger partial charge on any atom is 0.325 e. The van der Waals surface area contributed by atoms with Crippen LogP contribution in [0.4, 0.5) is 10.5 Å². The largest absolute Gasteiger partial charge is 0.325 e. The van der Waals surface area contributed by atoms with Gasteiger partial charge in [0, 0.05) is 18.8 Å². The topological polar surface area (TPSA) is 116 Å². The minimum absolute atomic E-state index is 0.118. The highest BCUT2D eigenvalue weighted by Crippen LogP contribution is 2.28. The molecule has 0 saturated carbocycles. The van der Waals surface area contributed by atoms with Crippen molar-refractivity contribution in [1.82, 2.24) is 14.5 Å². The lowest BCUT2D eigenvalue weighted by atomic mass is 9.92. The third-order valence-corrected chi connectivity index (χ3v) is 7.47. The van der Waals surface area contributed by atoms with Gasteiger partial charge < -0.3 is 10.6 Å². The van der Waals surface area contributed by atoms with Crippen molar-refractivity contribution in [3.05, 3.63) is 60.2 Å². The van der Waals surface area contributed by atoms with Crippen molar-refractivity contribution in [2.24, 2.45) is 0 Å². The fourth-order valence-corrected chi connectivity index (χ4v) is 5.03. The van der Waals surface area contributed by atoms with E-state index in [1.807, 2.05) is 0 Å². The van der Waals surface area contributed by atoms with E-state index in [-0.39, 0.29) is 4.90 Å². The highest BCUT2D eigenvalue weighted by molar-refractivity contribution is 7.89. The number of hydrogen-bond donors (Lipinski definition) is 2. The molecule has 0 radical (unpaired) electrons. The van der Waals surface area contributed by atoms with Crippen LogP contribution < -0.4 is 10.6 Å². The number of rotatable bonds is 8. The van der Waals surface area contributed by atoms with Gasteiger partial charge in [-0.25, -0.2) is 13.2 Å². The van der Waals surface area contributed by atoms with Crippen LogP contribution in [0.15, 0.2) is 59.5 Å². The molecule has 0 aliphatic carbocycles. The summed E-state index contributed by atoms with van der Waals surface area (Å²) in [6.07, 6.45) is 0. The van der Waals surface area contributed by atoms with Crippen LogP contribution in [0, 0.1) is 0 Å². The molecule has 0 aromatic heterocycles. The maximum absolute atomic E-state index is 12.9. The van der Waals surface area contributed by atoms with Crippen molar-refractivity contribution >= 4 is 33.6 Å². The van der Waals surface area contributed by atoms with Gasteiger partial charge in [-0.1, -0.05) is 44.2 Å². The highest BCUT2D eigenvalue weighted by Gasteiger charge is 2.49. The predicted molar refractivity (Wildman–Crippen MR) is 119 cm³/mol. The molecule has 1 fully saturated rings. The van der Waals surface area contributed by atoms with Crippen molar-refractivity contribution < 1.29 is 22.8 Å². The number of anilines is 1. The van der Waals surface area contributed by atoms with Crippen LogP contribution in [0.5, 0.6) is 0 Å². The van der Waals surface area contributed by atoms with Crippen molar-refractivity contribution in [2.75, 3.05) is 25.0 Å². The predicted octanol–water partition coefficient (Wildman–Crippen LogP) is 2.12. The van der Waals surface area contributed by atoms with Gasteiger partial charge in [-0.05, 0) is 36.8 Å². The zero-order valence-electron chi connectivity index (χ0n) is 18.2. The molecule has 1 aliphatic heterocycles. The molecule has 2 aromatic rings. The Balaban J connectivity index is 1.68. The Labute approximate surface area is 187 Å². The SMILES string of the molecule is CCN(CC)S(=O)(=O)c1ccc(NC(=O)CN2C(=O)N[C@](C)(c3ccccc3)C2=O)cc1. The smallest absolute Gasteiger partial charge is 0.325 e. The minimum atomic E-state index is -3.60. The standard InChI is InChI=1S/C22H26N4O5S/c1-4-25(5-2)32(30,31)18-13-11-17(12-14-18)23-19(27)15-26-20(28)22(3,24-21(26)29)16-9-7-6-8-10-16/h6-14H,4-5,15H2,1-3H3,(H,23,27)(H,24,29)/t22-/m1/s1. The summed E-state index contributed by atoms with van der Waals surface area (Å²) in [7, 11) is -3.60. The Bertz CT molecular complexity index is 1110. The van der Waals surface area contributed by atoms with Crippen LogP contribution in [0.3, 0.4) is 0 Å². The average molecular weight is 459 g/mol. The number of carbonyl (C=O) groups is 3. The molecular weight excluding hydrogens is 432 g/mol. The zero-order chi connectivity index (χ0) is 23.5. The fourth-order valence-electron chi connectivity index (χ4n) is 3.57. The van der Waals surface area contributed by atoms with Crippen LogP contribution >= 0.6 is 0 Å². The number of carbonyl (C=O) groups excluding carboxylic acids is 3. The normalized spacial score (nSPS) is 18.7. The highest BCUT2D eigenvalue weighted by atomic mass is 32.2. The second kappa shape index (κ2) is 9.09. The van der Waals surface area contributed by atoms with Gasteiger partial charge in [0.05, 0.1) is 4.90 Å². The molecule has 3 rings (SSSR count). The molecule has 1 saturated heterocycles. The third-order valence-electron chi connectivity index (χ3n) is 5.41. The molecule has 0 bridgehead atoms. The van der Waals surface area contributed by atoms with Gasteiger partial charge in [-0.15, -0.1) is 0 Å². The van der Waals surface area contributed by atoms with Gasteiger partial charge in [-0.2, -0.15) is 4.31 Å². The van der Waals surface area contributed by atoms with Gasteiger partial charge in [0.15, 0.2) is 0 Å². The first-order chi connectivity index (χ1) is 15.1. The van der Waals surface area contributed by atoms with Crippen LogP contribution in [-0.4, -0.2) is 55.1 Å². The van der Waals surface area contributed by atoms with Gasteiger partial charge >= 0.3 is 6.03 Å². The van der Waals surface area contributed by atoms with E-state index in [2.05, 4.69) is 10.6 Å². The van der Waals surface area contributed by atoms with E-state index >= 15 is 0 Å². The van der Waals surface area contributed by atoms with E-state index < -0.39 is 40.0 Å². The van der Waals surface area contributed by atoms with E-state index in [4.69, 9.17) is 0 Å². The summed E-state index contributed by atoms with van der Waals surface area (Å²) in [6, 6.07) is 13.9. The number of hydrogen-bond acceptors (Lipinski definition) is 5. The molecule has 1 heterocycles. The third kappa shape index (κ3) is 4.37. The summed E-state index contributed by atoms with van der Waals surface area (Å²) in [5.74, 6) is -1.10. The molecular formula is C22H26N4O5S. The summed E-state index contributed by atoms with van der Waals surface area (Å²) in [4.78, 5) is 38.7. The Morgan fingerprint density at radius 1 is 1.03 bits per heavy atom. The number of nitrogens with zero attached hydrogens (tertiary/aromatic N) is 2. The lowest BCUT2D eigenvalue weighted by molar-refractivity contribution is -0.133. The zero-order valence-corrected chi connectivity index (χ0v) is 19.0. The first-order valence-corrected chi connectivity index (χ1v) is 11.7. The molecule has 2 N–H and O–H groups in total. The maximum atomic E-state index is 12.9. The summed E-state index contributed by atoms with van der Waals surface area (Å²) >= 11 is 0. The molecule has 10 heteroatoms. The van der Waals surface area contributed by atoms with E-state index in [1.54, 1.807) is 51.1 Å². The van der Waals surface area contributed by atoms with Crippen molar-refractivity contribution in [3.63, 3.8) is 0 Å². The second-order valence-corrected chi connectivity index (χ2v) is 9.41. The number of imide groups is 1. The molecule has 1 aliphatic rings. The Morgan fingerprint density at radius 2 is 1.62 bits per heavy atom. The fraction of sp³-hybridized carbons (Fsp3) is 0.318. The molecule has 9 nitrogen and oxygen atoms in total. The van der Waals surface area contributed by atoms with Crippen molar-refractivity contribution in [3.8, 4) is 0 Å². The van der Waals surface area contributed by atoms with Crippen LogP contribution in [0.25, 0.3) is 0 Å². The number of amides is 4. The second-order valence-electron chi connectivity index (χ2n) is 7.47. The first-order valence-electron chi connectivity index (χ1n) is 10.2. The molecule has 32 heavy (non-hydrogen) atoms. The lowest BCUT2D eigenvalue weighted by Gasteiger charge is -2.22. The Kier molecular flexibility index (Phi) is 6.65. The number of urea groups is 1. The molecule has 170 valence electrons. The summed E-state index contributed by atoms with van der Waals surface area (Å²) in [6.45, 7) is 5.35. The van der Waals surface area contributed by atoms with Crippen molar-refractivity contribution in [1.29, 1.82) is 0 Å². The lowest BCUT2D eigenvalue weighted by Crippen LogP contribution is -2.42. The summed E-state index contributed by atoms with van der Waals surface area (Å²) < 4.78 is 26.5. The van der Waals surface area contributed by atoms with E-state index in [0.29, 0.717) is 24.3 Å². The molecule has 0 unspecified atom stereocenters. The van der Waals surface area contributed by atoms with E-state index in [9.17, 15) is 22.8 Å². The average Bonchev–Trinajstić information content (AvgIpc) is 2.99. The van der Waals surface area contributed by atoms with Gasteiger partial charge in [0.2, 0.25) is 15.9 Å². The summed E-state index contributed by atoms with van der Waals surface area (Å²) in [5.41, 5.74) is -0.281. The molecule has 4 amide bonds. The molecule has 2 aromatic carbocycles. The van der Waals surface area contributed by atoms with Crippen molar-refractivity contribution in [2.45, 2.75) is 31.2 Å². The Hall–Kier alpha value is -3.24.